The Morgan fingerprint density at radius 3 is 1.93 bits per heavy atom. The van der Waals surface area contributed by atoms with E-state index in [0.717, 1.165) is 16.7 Å². The number of sulfonamides is 1. The highest BCUT2D eigenvalue weighted by Crippen LogP contribution is 2.61. The number of rotatable bonds is 12. The molecular weight excluding hydrogens is 571 g/mol. The van der Waals surface area contributed by atoms with Gasteiger partial charge in [-0.1, -0.05) is 73.6 Å². The van der Waals surface area contributed by atoms with E-state index >= 15 is 0 Å². The van der Waals surface area contributed by atoms with Crippen molar-refractivity contribution in [1.82, 2.24) is 9.62 Å². The van der Waals surface area contributed by atoms with Gasteiger partial charge in [0, 0.05) is 18.4 Å². The number of ether oxygens (including phenoxy) is 1. The summed E-state index contributed by atoms with van der Waals surface area (Å²) in [7, 11) is -7.78. The van der Waals surface area contributed by atoms with E-state index in [0.29, 0.717) is 24.7 Å². The van der Waals surface area contributed by atoms with Gasteiger partial charge in [-0.25, -0.2) is 13.2 Å². The van der Waals surface area contributed by atoms with Crippen molar-refractivity contribution in [2.24, 2.45) is 5.92 Å². The first-order chi connectivity index (χ1) is 19.2. The van der Waals surface area contributed by atoms with E-state index < -0.39 is 34.9 Å². The zero-order chi connectivity index (χ0) is 32.2. The molecule has 0 saturated carbocycles. The Kier molecular flexibility index (Phi) is 12.5. The van der Waals surface area contributed by atoms with Crippen LogP contribution in [-0.4, -0.2) is 50.5 Å². The number of nitrogens with zero attached hydrogens (tertiary/aromatic N) is 1. The van der Waals surface area contributed by atoms with Crippen molar-refractivity contribution in [2.75, 3.05) is 19.7 Å². The van der Waals surface area contributed by atoms with Crippen molar-refractivity contribution in [3.8, 4) is 0 Å². The molecule has 2 atom stereocenters. The molecule has 1 aliphatic rings. The second-order valence-electron chi connectivity index (χ2n) is 13.6. The average Bonchev–Trinajstić information content (AvgIpc) is 2.86. The third-order valence-corrected chi connectivity index (χ3v) is 12.1. The lowest BCUT2D eigenvalue weighted by molar-refractivity contribution is 0.0266. The highest BCUT2D eigenvalue weighted by Gasteiger charge is 2.43. The Bertz CT molecular complexity index is 1250. The fraction of sp³-hybridized carbons (Fsp3) is 0.719. The van der Waals surface area contributed by atoms with Crippen LogP contribution in [0, 0.1) is 5.92 Å². The molecule has 0 saturated heterocycles. The lowest BCUT2D eigenvalue weighted by atomic mass is 9.89. The van der Waals surface area contributed by atoms with E-state index in [4.69, 9.17) is 9.26 Å². The second kappa shape index (κ2) is 14.4. The predicted octanol–water partition coefficient (Wildman–Crippen LogP) is 8.55. The monoisotopic (exact) mass is 626 g/mol. The number of carbonyl (C=O) groups is 1. The van der Waals surface area contributed by atoms with E-state index in [-0.39, 0.29) is 41.7 Å². The number of nitrogens with one attached hydrogen (secondary N) is 1. The van der Waals surface area contributed by atoms with E-state index in [1.165, 1.54) is 0 Å². The Balaban J connectivity index is 2.61. The van der Waals surface area contributed by atoms with Gasteiger partial charge in [-0.05, 0) is 80.9 Å². The van der Waals surface area contributed by atoms with Gasteiger partial charge >= 0.3 is 6.09 Å². The molecule has 0 radical (unpaired) electrons. The molecule has 240 valence electrons. The molecule has 0 aromatic heterocycles. The van der Waals surface area contributed by atoms with Gasteiger partial charge in [0.25, 0.3) is 0 Å². The first kappa shape index (κ1) is 36.5. The summed E-state index contributed by atoms with van der Waals surface area (Å²) in [5, 5.41) is 0.556. The molecular formula is C32H55N2O6PS. The summed E-state index contributed by atoms with van der Waals surface area (Å²) >= 11 is 0. The largest absolute Gasteiger partial charge is 0.444 e. The summed E-state index contributed by atoms with van der Waals surface area (Å²) in [6, 6.07) is 4.01. The van der Waals surface area contributed by atoms with Crippen molar-refractivity contribution in [1.29, 1.82) is 0 Å². The molecule has 2 rings (SSSR count). The minimum Gasteiger partial charge on any atom is -0.444 e. The van der Waals surface area contributed by atoms with Crippen LogP contribution in [0.25, 0.3) is 0 Å². The van der Waals surface area contributed by atoms with Crippen LogP contribution in [0.1, 0.15) is 130 Å². The molecule has 1 aliphatic heterocycles. The minimum absolute atomic E-state index is 0.0325. The SMILES string of the molecule is CCO[P@](=O)(C1=CCN(C(=O)OC(C)(C)C)CC1)[C@H](CC(C)C)NS(=O)(=O)c1c(C(C)C)cc(C(C)C)cc1C(C)C. The maximum absolute atomic E-state index is 14.8. The maximum atomic E-state index is 14.8. The zero-order valence-electron chi connectivity index (χ0n) is 27.9. The van der Waals surface area contributed by atoms with Gasteiger partial charge in [0.05, 0.1) is 11.5 Å². The van der Waals surface area contributed by atoms with E-state index in [2.05, 4.69) is 18.6 Å². The van der Waals surface area contributed by atoms with Crippen molar-refractivity contribution < 1.29 is 27.0 Å². The molecule has 1 N–H and O–H groups in total. The van der Waals surface area contributed by atoms with Crippen LogP contribution in [0.15, 0.2) is 28.4 Å². The lowest BCUT2D eigenvalue weighted by Gasteiger charge is -2.35. The topological polar surface area (TPSA) is 102 Å². The summed E-state index contributed by atoms with van der Waals surface area (Å²) in [6.45, 7) is 24.1. The fourth-order valence-corrected chi connectivity index (χ4v) is 10.5. The molecule has 1 amide bonds. The van der Waals surface area contributed by atoms with Crippen molar-refractivity contribution >= 4 is 23.5 Å². The van der Waals surface area contributed by atoms with Crippen LogP contribution < -0.4 is 4.72 Å². The van der Waals surface area contributed by atoms with Crippen molar-refractivity contribution in [3.63, 3.8) is 0 Å². The normalized spacial score (nSPS) is 17.1. The Hall–Kier alpha value is -1.67. The van der Waals surface area contributed by atoms with Crippen molar-refractivity contribution in [2.45, 2.75) is 130 Å². The van der Waals surface area contributed by atoms with E-state index in [1.807, 2.05) is 74.4 Å². The summed E-state index contributed by atoms with van der Waals surface area (Å²) in [5.41, 5.74) is 2.00. The Morgan fingerprint density at radius 1 is 1.00 bits per heavy atom. The average molecular weight is 627 g/mol. The zero-order valence-corrected chi connectivity index (χ0v) is 29.6. The van der Waals surface area contributed by atoms with Crippen LogP contribution in [0.3, 0.4) is 0 Å². The molecule has 0 bridgehead atoms. The van der Waals surface area contributed by atoms with Crippen LogP contribution in [0.4, 0.5) is 4.79 Å². The predicted molar refractivity (Wildman–Crippen MR) is 172 cm³/mol. The third kappa shape index (κ3) is 9.17. The third-order valence-electron chi connectivity index (χ3n) is 7.30. The molecule has 0 fully saturated rings. The van der Waals surface area contributed by atoms with Crippen LogP contribution in [0.2, 0.25) is 0 Å². The number of hydrogen-bond donors (Lipinski definition) is 1. The fourth-order valence-electron chi connectivity index (χ4n) is 5.14. The molecule has 1 aromatic rings. The molecule has 1 aromatic carbocycles. The van der Waals surface area contributed by atoms with E-state index in [9.17, 15) is 17.8 Å². The molecule has 0 spiro atoms. The molecule has 0 aliphatic carbocycles. The minimum atomic E-state index is -4.10. The number of hydrogen-bond acceptors (Lipinski definition) is 6. The van der Waals surface area contributed by atoms with E-state index in [1.54, 1.807) is 17.9 Å². The molecule has 0 unspecified atom stereocenters. The molecule has 8 nitrogen and oxygen atoms in total. The van der Waals surface area contributed by atoms with Gasteiger partial charge in [0.15, 0.2) is 0 Å². The smallest absolute Gasteiger partial charge is 0.410 e. The number of benzene rings is 1. The second-order valence-corrected chi connectivity index (χ2v) is 17.9. The summed E-state index contributed by atoms with van der Waals surface area (Å²) in [4.78, 5) is 14.5. The van der Waals surface area contributed by atoms with Gasteiger partial charge in [0.1, 0.15) is 11.4 Å². The summed E-state index contributed by atoms with van der Waals surface area (Å²) in [5.74, 6) is -0.724. The number of amides is 1. The highest BCUT2D eigenvalue weighted by molar-refractivity contribution is 7.90. The molecule has 1 heterocycles. The van der Waals surface area contributed by atoms with Gasteiger partial charge in [-0.15, -0.1) is 0 Å². The first-order valence-corrected chi connectivity index (χ1v) is 18.5. The van der Waals surface area contributed by atoms with Gasteiger partial charge in [-0.2, -0.15) is 4.72 Å². The Morgan fingerprint density at radius 2 is 1.55 bits per heavy atom. The summed E-state index contributed by atoms with van der Waals surface area (Å²) in [6.07, 6.45) is 1.96. The summed E-state index contributed by atoms with van der Waals surface area (Å²) < 4.78 is 58.1. The van der Waals surface area contributed by atoms with Crippen LogP contribution >= 0.6 is 7.37 Å². The Labute approximate surface area is 255 Å². The standard InChI is InChI=1S/C32H55N2O6PS/c1-13-39-41(36,26-14-16-34(17-15-26)31(35)40-32(10,11)12)29(18-21(2)3)33-42(37,38)30-27(23(6)7)19-25(22(4)5)20-28(30)24(8)9/h14,19-24,29,33H,13,15-18H2,1-12H3/t29-,41-/m1/s1. The quantitative estimate of drug-likeness (QED) is 0.233. The lowest BCUT2D eigenvalue weighted by Crippen LogP contribution is -2.41. The maximum Gasteiger partial charge on any atom is 0.410 e. The number of carbonyl (C=O) groups excluding carboxylic acids is 1. The van der Waals surface area contributed by atoms with Gasteiger partial charge in [0.2, 0.25) is 17.4 Å². The molecule has 42 heavy (non-hydrogen) atoms. The van der Waals surface area contributed by atoms with Gasteiger partial charge in [-0.3, -0.25) is 4.57 Å². The molecule has 10 heteroatoms. The first-order valence-electron chi connectivity index (χ1n) is 15.3. The highest BCUT2D eigenvalue weighted by atomic mass is 32.2. The van der Waals surface area contributed by atoms with Gasteiger partial charge < -0.3 is 14.2 Å². The van der Waals surface area contributed by atoms with Crippen LogP contribution in [-0.2, 0) is 23.8 Å². The van der Waals surface area contributed by atoms with Crippen LogP contribution in [0.5, 0.6) is 0 Å². The van der Waals surface area contributed by atoms with Crippen molar-refractivity contribution in [3.05, 3.63) is 40.2 Å².